The number of carbonyl (C=O) groups excluding carboxylic acids is 2. The number of hydrogen-bond donors (Lipinski definition) is 4. The molecule has 0 aliphatic rings. The summed E-state index contributed by atoms with van der Waals surface area (Å²) in [7, 11) is 0. The Morgan fingerprint density at radius 1 is 1.16 bits per heavy atom. The van der Waals surface area contributed by atoms with Gasteiger partial charge in [0.15, 0.2) is 0 Å². The van der Waals surface area contributed by atoms with Gasteiger partial charge in [0.1, 0.15) is 0 Å². The van der Waals surface area contributed by atoms with Gasteiger partial charge >= 0.3 is 6.03 Å². The maximum Gasteiger partial charge on any atom is 0.316 e. The minimum atomic E-state index is -0.890. The highest BCUT2D eigenvalue weighted by atomic mass is 16.2. The van der Waals surface area contributed by atoms with E-state index < -0.39 is 11.6 Å². The maximum absolute atomic E-state index is 12.0. The Morgan fingerprint density at radius 3 is 2.05 bits per heavy atom. The van der Waals surface area contributed by atoms with Gasteiger partial charge in [0, 0.05) is 11.4 Å². The number of hydrogen-bond acceptors (Lipinski definition) is 3. The van der Waals surface area contributed by atoms with Crippen molar-refractivity contribution in [3.8, 4) is 0 Å². The number of rotatable bonds is 5. The van der Waals surface area contributed by atoms with Crippen LogP contribution in [0.1, 0.15) is 26.7 Å². The summed E-state index contributed by atoms with van der Waals surface area (Å²) in [5.41, 5.74) is 11.2. The first-order chi connectivity index (χ1) is 8.85. The lowest BCUT2D eigenvalue weighted by molar-refractivity contribution is -0.120. The van der Waals surface area contributed by atoms with E-state index in [1.54, 1.807) is 31.2 Å². The summed E-state index contributed by atoms with van der Waals surface area (Å²) >= 11 is 0. The summed E-state index contributed by atoms with van der Waals surface area (Å²) in [5, 5.41) is 5.18. The summed E-state index contributed by atoms with van der Waals surface area (Å²) < 4.78 is 0. The van der Waals surface area contributed by atoms with Crippen LogP contribution in [0.4, 0.5) is 16.2 Å². The highest BCUT2D eigenvalue weighted by Crippen LogP contribution is 2.16. The number of primary amides is 1. The van der Waals surface area contributed by atoms with Crippen molar-refractivity contribution < 1.29 is 9.59 Å². The fourth-order valence-corrected chi connectivity index (χ4v) is 1.69. The van der Waals surface area contributed by atoms with Crippen LogP contribution in [0.25, 0.3) is 0 Å². The van der Waals surface area contributed by atoms with Gasteiger partial charge in [-0.05, 0) is 37.6 Å². The molecule has 1 rings (SSSR count). The van der Waals surface area contributed by atoms with Gasteiger partial charge in [-0.3, -0.25) is 4.79 Å². The van der Waals surface area contributed by atoms with Crippen molar-refractivity contribution in [1.29, 1.82) is 0 Å². The minimum absolute atomic E-state index is 0.232. The zero-order valence-electron chi connectivity index (χ0n) is 11.2. The van der Waals surface area contributed by atoms with Gasteiger partial charge in [0.2, 0.25) is 5.91 Å². The van der Waals surface area contributed by atoms with Crippen molar-refractivity contribution >= 4 is 23.3 Å². The standard InChI is InChI=1S/C13H20N4O2/c1-3-8-13(2,15)11(18)16-9-4-6-10(7-5-9)17-12(14)19/h4-7H,3,8,15H2,1-2H3,(H,16,18)(H3,14,17,19). The van der Waals surface area contributed by atoms with Gasteiger partial charge in [-0.15, -0.1) is 0 Å². The first kappa shape index (κ1) is 15.0. The lowest BCUT2D eigenvalue weighted by atomic mass is 9.96. The van der Waals surface area contributed by atoms with E-state index in [1.807, 2.05) is 6.92 Å². The Morgan fingerprint density at radius 2 is 1.63 bits per heavy atom. The first-order valence-corrected chi connectivity index (χ1v) is 6.12. The van der Waals surface area contributed by atoms with Crippen LogP contribution in [0, 0.1) is 0 Å². The smallest absolute Gasteiger partial charge is 0.316 e. The lowest BCUT2D eigenvalue weighted by Gasteiger charge is -2.22. The van der Waals surface area contributed by atoms with Crippen LogP contribution < -0.4 is 22.1 Å². The van der Waals surface area contributed by atoms with E-state index in [0.717, 1.165) is 6.42 Å². The van der Waals surface area contributed by atoms with Gasteiger partial charge in [0.05, 0.1) is 5.54 Å². The molecule has 0 spiro atoms. The van der Waals surface area contributed by atoms with Crippen LogP contribution in [0.3, 0.4) is 0 Å². The molecular weight excluding hydrogens is 244 g/mol. The summed E-state index contributed by atoms with van der Waals surface area (Å²) in [5.74, 6) is -0.232. The molecule has 6 heteroatoms. The Balaban J connectivity index is 2.67. The topological polar surface area (TPSA) is 110 Å². The zero-order chi connectivity index (χ0) is 14.5. The van der Waals surface area contributed by atoms with Crippen molar-refractivity contribution in [2.45, 2.75) is 32.2 Å². The molecule has 0 aliphatic carbocycles. The average Bonchev–Trinajstić information content (AvgIpc) is 2.30. The molecule has 0 saturated carbocycles. The zero-order valence-corrected chi connectivity index (χ0v) is 11.2. The number of nitrogens with one attached hydrogen (secondary N) is 2. The van der Waals surface area contributed by atoms with Crippen LogP contribution >= 0.6 is 0 Å². The Labute approximate surface area is 112 Å². The van der Waals surface area contributed by atoms with Crippen LogP contribution in [0.15, 0.2) is 24.3 Å². The Kier molecular flexibility index (Phi) is 4.88. The monoisotopic (exact) mass is 264 g/mol. The molecule has 0 aliphatic heterocycles. The van der Waals surface area contributed by atoms with Crippen LogP contribution in [0.2, 0.25) is 0 Å². The summed E-state index contributed by atoms with van der Waals surface area (Å²) in [6.45, 7) is 3.68. The van der Waals surface area contributed by atoms with Gasteiger partial charge in [0.25, 0.3) is 0 Å². The molecule has 1 aromatic rings. The molecule has 1 unspecified atom stereocenters. The molecule has 0 bridgehead atoms. The highest BCUT2D eigenvalue weighted by Gasteiger charge is 2.26. The Hall–Kier alpha value is -2.08. The molecule has 0 fully saturated rings. The van der Waals surface area contributed by atoms with Gasteiger partial charge in [-0.1, -0.05) is 13.3 Å². The predicted molar refractivity (Wildman–Crippen MR) is 75.8 cm³/mol. The van der Waals surface area contributed by atoms with E-state index >= 15 is 0 Å². The third kappa shape index (κ3) is 4.59. The molecule has 104 valence electrons. The molecule has 19 heavy (non-hydrogen) atoms. The van der Waals surface area contributed by atoms with E-state index in [-0.39, 0.29) is 5.91 Å². The van der Waals surface area contributed by atoms with E-state index in [1.165, 1.54) is 0 Å². The largest absolute Gasteiger partial charge is 0.351 e. The van der Waals surface area contributed by atoms with Crippen molar-refractivity contribution in [3.05, 3.63) is 24.3 Å². The number of anilines is 2. The quantitative estimate of drug-likeness (QED) is 0.648. The fourth-order valence-electron chi connectivity index (χ4n) is 1.69. The van der Waals surface area contributed by atoms with Crippen molar-refractivity contribution in [2.75, 3.05) is 10.6 Å². The number of benzene rings is 1. The normalized spacial score (nSPS) is 13.4. The number of carbonyl (C=O) groups is 2. The van der Waals surface area contributed by atoms with Crippen molar-refractivity contribution in [3.63, 3.8) is 0 Å². The Bertz CT molecular complexity index is 454. The molecule has 0 heterocycles. The van der Waals surface area contributed by atoms with Crippen molar-refractivity contribution in [2.24, 2.45) is 11.5 Å². The summed E-state index contributed by atoms with van der Waals surface area (Å²) in [4.78, 5) is 22.6. The summed E-state index contributed by atoms with van der Waals surface area (Å²) in [6, 6.07) is 6.01. The van der Waals surface area contributed by atoms with E-state index in [0.29, 0.717) is 17.8 Å². The molecule has 1 atom stereocenters. The number of nitrogens with two attached hydrogens (primary N) is 2. The summed E-state index contributed by atoms with van der Waals surface area (Å²) in [6.07, 6.45) is 1.45. The highest BCUT2D eigenvalue weighted by molar-refractivity contribution is 5.98. The molecule has 1 aromatic carbocycles. The second kappa shape index (κ2) is 6.19. The molecule has 0 saturated heterocycles. The number of amides is 3. The predicted octanol–water partition coefficient (Wildman–Crippen LogP) is 1.63. The van der Waals surface area contributed by atoms with E-state index in [4.69, 9.17) is 11.5 Å². The molecule has 0 radical (unpaired) electrons. The third-order valence-corrected chi connectivity index (χ3v) is 2.70. The molecule has 6 nitrogen and oxygen atoms in total. The van der Waals surface area contributed by atoms with Gasteiger partial charge < -0.3 is 22.1 Å². The lowest BCUT2D eigenvalue weighted by Crippen LogP contribution is -2.48. The maximum atomic E-state index is 12.0. The minimum Gasteiger partial charge on any atom is -0.351 e. The van der Waals surface area contributed by atoms with E-state index in [9.17, 15) is 9.59 Å². The fraction of sp³-hybridized carbons (Fsp3) is 0.385. The first-order valence-electron chi connectivity index (χ1n) is 6.12. The van der Waals surface area contributed by atoms with Gasteiger partial charge in [-0.2, -0.15) is 0 Å². The number of urea groups is 1. The molecular formula is C13H20N4O2. The average molecular weight is 264 g/mol. The van der Waals surface area contributed by atoms with Crippen molar-refractivity contribution in [1.82, 2.24) is 0 Å². The van der Waals surface area contributed by atoms with Crippen LogP contribution in [-0.4, -0.2) is 17.5 Å². The molecule has 3 amide bonds. The van der Waals surface area contributed by atoms with E-state index in [2.05, 4.69) is 10.6 Å². The second-order valence-electron chi connectivity index (χ2n) is 4.69. The molecule has 0 aromatic heterocycles. The third-order valence-electron chi connectivity index (χ3n) is 2.70. The van der Waals surface area contributed by atoms with Crippen LogP contribution in [-0.2, 0) is 4.79 Å². The van der Waals surface area contributed by atoms with Crippen LogP contribution in [0.5, 0.6) is 0 Å². The molecule has 6 N–H and O–H groups in total. The second-order valence-corrected chi connectivity index (χ2v) is 4.69. The SMILES string of the molecule is CCCC(C)(N)C(=O)Nc1ccc(NC(N)=O)cc1. The van der Waals surface area contributed by atoms with Gasteiger partial charge in [-0.25, -0.2) is 4.79 Å².